The minimum Gasteiger partial charge on any atom is -0.480 e. The zero-order valence-corrected chi connectivity index (χ0v) is 35.3. The first kappa shape index (κ1) is 55.5. The molecule has 61 heavy (non-hydrogen) atoms. The van der Waals surface area contributed by atoms with Crippen molar-refractivity contribution < 1.29 is 33.9 Å². The molecule has 0 fully saturated rings. The van der Waals surface area contributed by atoms with Crippen molar-refractivity contribution in [2.45, 2.75) is 133 Å². The lowest BCUT2D eigenvalue weighted by atomic mass is 10.0. The van der Waals surface area contributed by atoms with Crippen LogP contribution in [-0.2, 0) is 28.8 Å². The van der Waals surface area contributed by atoms with Crippen molar-refractivity contribution >= 4 is 53.4 Å². The van der Waals surface area contributed by atoms with Gasteiger partial charge in [0.1, 0.15) is 30.2 Å². The average Bonchev–Trinajstić information content (AvgIpc) is 3.19. The summed E-state index contributed by atoms with van der Waals surface area (Å²) in [7, 11) is 0. The lowest BCUT2D eigenvalue weighted by molar-refractivity contribution is -0.142. The van der Waals surface area contributed by atoms with Crippen molar-refractivity contribution in [2.24, 2.45) is 72.3 Å². The number of aliphatic imine (C=N–C) groups is 3. The van der Waals surface area contributed by atoms with E-state index in [2.05, 4.69) is 41.6 Å². The zero-order chi connectivity index (χ0) is 46.2. The Morgan fingerprint density at radius 3 is 0.951 bits per heavy atom. The molecule has 0 spiro atoms. The molecule has 0 aromatic rings. The van der Waals surface area contributed by atoms with Crippen molar-refractivity contribution in [3.8, 4) is 0 Å². The first-order chi connectivity index (χ1) is 29.0. The van der Waals surface area contributed by atoms with E-state index in [-0.39, 0.29) is 95.4 Å². The van der Waals surface area contributed by atoms with Crippen LogP contribution in [0.1, 0.15) is 96.3 Å². The molecule has 0 heterocycles. The SMILES string of the molecule is NCCCCC(N)C(=O)NC(CCCCN)C(=O)NC(CCCN=C(N)N)C(=O)NC(CCCCN)C(=O)NC(CCCN=C(N)N)C(=O)NC(CCCN=C(N)N)C(=O)O. The predicted molar refractivity (Wildman–Crippen MR) is 234 cm³/mol. The van der Waals surface area contributed by atoms with Gasteiger partial charge in [-0.3, -0.25) is 38.9 Å². The standard InChI is InChI=1S/C36H74N18O7/c37-16-4-1-10-22(40)28(55)50-23(11-2-5-17-38)29(56)52-25(13-7-19-47-34(41)42)31(58)51-24(12-3-6-18-39)30(57)53-26(14-8-20-48-35(43)44)32(59)54-27(33(60)61)15-9-21-49-36(45)46/h22-27H,1-21,37-40H2,(H,50,55)(H,51,58)(H,52,56)(H,53,57)(H,54,59)(H,60,61)(H4,41,42,47)(H4,43,44,48)(H4,45,46,49). The lowest BCUT2D eigenvalue weighted by Gasteiger charge is -2.27. The predicted octanol–water partition coefficient (Wildman–Crippen LogP) is -5.63. The number of hydrogen-bond donors (Lipinski definition) is 16. The normalized spacial score (nSPS) is 13.8. The number of hydrogen-bond acceptors (Lipinski definition) is 13. The molecule has 0 bridgehead atoms. The molecule has 0 aliphatic carbocycles. The van der Waals surface area contributed by atoms with E-state index < -0.39 is 71.8 Å². The quantitative estimate of drug-likeness (QED) is 0.0160. The van der Waals surface area contributed by atoms with Crippen LogP contribution in [-0.4, -0.2) is 134 Å². The third-order valence-corrected chi connectivity index (χ3v) is 9.18. The largest absolute Gasteiger partial charge is 0.480 e. The molecular weight excluding hydrogens is 797 g/mol. The Labute approximate surface area is 357 Å². The van der Waals surface area contributed by atoms with Gasteiger partial charge in [0, 0.05) is 19.6 Å². The van der Waals surface area contributed by atoms with E-state index in [0.29, 0.717) is 58.0 Å². The van der Waals surface area contributed by atoms with E-state index in [1.165, 1.54) is 0 Å². The van der Waals surface area contributed by atoms with E-state index in [1.807, 2.05) is 0 Å². The Kier molecular flexibility index (Phi) is 30.2. The third kappa shape index (κ3) is 27.0. The summed E-state index contributed by atoms with van der Waals surface area (Å²) in [5.41, 5.74) is 55.6. The molecule has 0 radical (unpaired) electrons. The topological polar surface area (TPSA) is 480 Å². The van der Waals surface area contributed by atoms with Crippen LogP contribution in [0.15, 0.2) is 15.0 Å². The van der Waals surface area contributed by atoms with Crippen LogP contribution in [0.4, 0.5) is 0 Å². The molecule has 350 valence electrons. The first-order valence-corrected chi connectivity index (χ1v) is 20.7. The van der Waals surface area contributed by atoms with E-state index in [4.69, 9.17) is 57.3 Å². The van der Waals surface area contributed by atoms with Gasteiger partial charge in [0.15, 0.2) is 17.9 Å². The second kappa shape index (κ2) is 33.2. The van der Waals surface area contributed by atoms with Crippen molar-refractivity contribution in [3.63, 3.8) is 0 Å². The minimum absolute atomic E-state index is 0.0170. The Balaban J connectivity index is 6.51. The molecule has 6 atom stereocenters. The number of nitrogens with two attached hydrogens (primary N) is 10. The number of carbonyl (C=O) groups is 6. The van der Waals surface area contributed by atoms with Gasteiger partial charge in [0.25, 0.3) is 0 Å². The summed E-state index contributed by atoms with van der Waals surface area (Å²) < 4.78 is 0. The number of rotatable bonds is 35. The van der Waals surface area contributed by atoms with Gasteiger partial charge in [0.05, 0.1) is 6.04 Å². The van der Waals surface area contributed by atoms with Gasteiger partial charge in [-0.1, -0.05) is 6.42 Å². The fourth-order valence-corrected chi connectivity index (χ4v) is 5.84. The van der Waals surface area contributed by atoms with Gasteiger partial charge >= 0.3 is 5.97 Å². The Morgan fingerprint density at radius 2 is 0.656 bits per heavy atom. The van der Waals surface area contributed by atoms with Crippen molar-refractivity contribution in [2.75, 3.05) is 39.3 Å². The highest BCUT2D eigenvalue weighted by atomic mass is 16.4. The van der Waals surface area contributed by atoms with Gasteiger partial charge in [0.2, 0.25) is 29.5 Å². The van der Waals surface area contributed by atoms with Crippen LogP contribution >= 0.6 is 0 Å². The van der Waals surface area contributed by atoms with Crippen LogP contribution in [0.3, 0.4) is 0 Å². The zero-order valence-electron chi connectivity index (χ0n) is 35.3. The maximum absolute atomic E-state index is 14.0. The van der Waals surface area contributed by atoms with Crippen LogP contribution in [0.2, 0.25) is 0 Å². The Hall–Kier alpha value is -5.53. The second-order valence-corrected chi connectivity index (χ2v) is 14.5. The van der Waals surface area contributed by atoms with Gasteiger partial charge in [-0.25, -0.2) is 4.79 Å². The number of unbranched alkanes of at least 4 members (excludes halogenated alkanes) is 3. The lowest BCUT2D eigenvalue weighted by Crippen LogP contribution is -2.59. The summed E-state index contributed by atoms with van der Waals surface area (Å²) >= 11 is 0. The highest BCUT2D eigenvalue weighted by Gasteiger charge is 2.32. The van der Waals surface area contributed by atoms with Crippen LogP contribution < -0.4 is 83.9 Å². The fraction of sp³-hybridized carbons (Fsp3) is 0.750. The summed E-state index contributed by atoms with van der Waals surface area (Å²) in [4.78, 5) is 92.1. The van der Waals surface area contributed by atoms with Crippen LogP contribution in [0.5, 0.6) is 0 Å². The molecule has 6 unspecified atom stereocenters. The van der Waals surface area contributed by atoms with E-state index in [1.54, 1.807) is 0 Å². The molecule has 0 aromatic heterocycles. The highest BCUT2D eigenvalue weighted by Crippen LogP contribution is 2.10. The van der Waals surface area contributed by atoms with Gasteiger partial charge < -0.3 is 89.0 Å². The number of carbonyl (C=O) groups excluding carboxylic acids is 5. The maximum atomic E-state index is 14.0. The van der Waals surface area contributed by atoms with E-state index in [0.717, 1.165) is 0 Å². The molecule has 0 aromatic carbocycles. The van der Waals surface area contributed by atoms with Gasteiger partial charge in [-0.05, 0) is 110 Å². The molecule has 0 saturated carbocycles. The number of carboxylic acids is 1. The molecule has 5 amide bonds. The van der Waals surface area contributed by atoms with Crippen molar-refractivity contribution in [1.82, 2.24) is 26.6 Å². The average molecular weight is 871 g/mol. The molecule has 0 aliphatic heterocycles. The molecule has 0 saturated heterocycles. The number of carboxylic acid groups (broad SMARTS) is 1. The second-order valence-electron chi connectivity index (χ2n) is 14.5. The van der Waals surface area contributed by atoms with Crippen LogP contribution in [0.25, 0.3) is 0 Å². The number of guanidine groups is 3. The number of nitrogens with one attached hydrogen (secondary N) is 5. The third-order valence-electron chi connectivity index (χ3n) is 9.18. The Morgan fingerprint density at radius 1 is 0.393 bits per heavy atom. The summed E-state index contributed by atoms with van der Waals surface area (Å²) in [5, 5.41) is 23.0. The molecule has 26 N–H and O–H groups in total. The molecule has 0 rings (SSSR count). The fourth-order valence-electron chi connectivity index (χ4n) is 5.84. The van der Waals surface area contributed by atoms with Crippen molar-refractivity contribution in [3.05, 3.63) is 0 Å². The summed E-state index contributed by atoms with van der Waals surface area (Å²) in [6.07, 6.45) is 4.44. The smallest absolute Gasteiger partial charge is 0.326 e. The summed E-state index contributed by atoms with van der Waals surface area (Å²) in [5.74, 6) is -5.42. The van der Waals surface area contributed by atoms with E-state index >= 15 is 0 Å². The van der Waals surface area contributed by atoms with Crippen LogP contribution in [0, 0.1) is 0 Å². The molecular formula is C36H74N18O7. The molecule has 25 nitrogen and oxygen atoms in total. The number of aliphatic carboxylic acids is 1. The minimum atomic E-state index is -1.35. The maximum Gasteiger partial charge on any atom is 0.326 e. The van der Waals surface area contributed by atoms with Crippen molar-refractivity contribution in [1.29, 1.82) is 0 Å². The molecule has 25 heteroatoms. The van der Waals surface area contributed by atoms with E-state index in [9.17, 15) is 33.9 Å². The Bertz CT molecular complexity index is 1420. The first-order valence-electron chi connectivity index (χ1n) is 20.7. The number of nitrogens with zero attached hydrogens (tertiary/aromatic N) is 3. The highest BCUT2D eigenvalue weighted by molar-refractivity contribution is 5.96. The summed E-state index contributed by atoms with van der Waals surface area (Å²) in [6.45, 7) is 1.40. The summed E-state index contributed by atoms with van der Waals surface area (Å²) in [6, 6.07) is -7.09. The number of amides is 5. The van der Waals surface area contributed by atoms with Gasteiger partial charge in [-0.2, -0.15) is 0 Å². The molecule has 0 aliphatic rings. The monoisotopic (exact) mass is 871 g/mol. The van der Waals surface area contributed by atoms with Gasteiger partial charge in [-0.15, -0.1) is 0 Å².